The molecular weight excluding hydrogens is 337 g/mol. The molecule has 1 atom stereocenters. The predicted molar refractivity (Wildman–Crippen MR) is 80.6 cm³/mol. The number of carbonyl (C=O) groups is 1. The molecule has 0 saturated carbocycles. The first-order valence-corrected chi connectivity index (χ1v) is 7.48. The fourth-order valence-corrected chi connectivity index (χ4v) is 2.71. The maximum atomic E-state index is 12.1. The van der Waals surface area contributed by atoms with Gasteiger partial charge in [0.1, 0.15) is 0 Å². The van der Waals surface area contributed by atoms with Crippen LogP contribution in [0.25, 0.3) is 0 Å². The Morgan fingerprint density at radius 1 is 1.44 bits per heavy atom. The highest BCUT2D eigenvalue weighted by Gasteiger charge is 2.18. The number of carbonyl (C=O) groups excluding carboxylic acids is 1. The molecule has 0 aromatic heterocycles. The Morgan fingerprint density at radius 2 is 2.11 bits per heavy atom. The Kier molecular flexibility index (Phi) is 6.47. The van der Waals surface area contributed by atoms with E-state index in [4.69, 9.17) is 23.2 Å². The van der Waals surface area contributed by atoms with Crippen LogP contribution in [0.15, 0.2) is 22.7 Å². The Bertz CT molecular complexity index is 423. The molecule has 0 saturated heterocycles. The van der Waals surface area contributed by atoms with Crippen LogP contribution < -0.4 is 5.32 Å². The topological polar surface area (TPSA) is 29.1 Å². The fourth-order valence-electron chi connectivity index (χ4n) is 1.61. The first kappa shape index (κ1) is 15.8. The second kappa shape index (κ2) is 7.37. The van der Waals surface area contributed by atoms with Crippen LogP contribution in [0.1, 0.15) is 30.6 Å². The SMILES string of the molecule is CC(C)C(CCCl)NC(=O)c1ccc(Cl)cc1Br. The van der Waals surface area contributed by atoms with Gasteiger partial charge in [-0.3, -0.25) is 4.79 Å². The Balaban J connectivity index is 2.80. The van der Waals surface area contributed by atoms with Gasteiger partial charge in [0.25, 0.3) is 5.91 Å². The van der Waals surface area contributed by atoms with E-state index in [0.717, 1.165) is 6.42 Å². The standard InChI is InChI=1S/C13H16BrCl2NO/c1-8(2)12(5-6-15)17-13(18)10-4-3-9(16)7-11(10)14/h3-4,7-8,12H,5-6H2,1-2H3,(H,17,18). The molecule has 1 unspecified atom stereocenters. The molecule has 0 aliphatic heterocycles. The molecule has 100 valence electrons. The van der Waals surface area contributed by atoms with Gasteiger partial charge in [-0.1, -0.05) is 25.4 Å². The molecule has 1 aromatic carbocycles. The van der Waals surface area contributed by atoms with E-state index in [1.54, 1.807) is 18.2 Å². The second-order valence-electron chi connectivity index (χ2n) is 4.43. The van der Waals surface area contributed by atoms with E-state index in [1.165, 1.54) is 0 Å². The van der Waals surface area contributed by atoms with Crippen LogP contribution in [0.4, 0.5) is 0 Å². The van der Waals surface area contributed by atoms with Crippen molar-refractivity contribution in [1.29, 1.82) is 0 Å². The molecule has 0 spiro atoms. The Morgan fingerprint density at radius 3 is 2.61 bits per heavy atom. The van der Waals surface area contributed by atoms with Crippen molar-refractivity contribution in [2.45, 2.75) is 26.3 Å². The van der Waals surface area contributed by atoms with Crippen LogP contribution in [-0.2, 0) is 0 Å². The maximum Gasteiger partial charge on any atom is 0.252 e. The van der Waals surface area contributed by atoms with Crippen molar-refractivity contribution in [1.82, 2.24) is 5.32 Å². The number of hydrogen-bond acceptors (Lipinski definition) is 1. The van der Waals surface area contributed by atoms with Crippen molar-refractivity contribution in [3.8, 4) is 0 Å². The van der Waals surface area contributed by atoms with Gasteiger partial charge < -0.3 is 5.32 Å². The van der Waals surface area contributed by atoms with E-state index in [2.05, 4.69) is 35.1 Å². The van der Waals surface area contributed by atoms with Gasteiger partial charge in [-0.25, -0.2) is 0 Å². The molecule has 0 fully saturated rings. The number of rotatable bonds is 5. The van der Waals surface area contributed by atoms with E-state index < -0.39 is 0 Å². The van der Waals surface area contributed by atoms with Gasteiger partial charge in [0, 0.05) is 21.4 Å². The summed E-state index contributed by atoms with van der Waals surface area (Å²) in [4.78, 5) is 12.1. The van der Waals surface area contributed by atoms with Gasteiger partial charge in [0.2, 0.25) is 0 Å². The van der Waals surface area contributed by atoms with Crippen molar-refractivity contribution >= 4 is 45.0 Å². The molecular formula is C13H16BrCl2NO. The van der Waals surface area contributed by atoms with Crippen molar-refractivity contribution in [3.63, 3.8) is 0 Å². The zero-order valence-corrected chi connectivity index (χ0v) is 13.4. The minimum absolute atomic E-state index is 0.0811. The van der Waals surface area contributed by atoms with Crippen LogP contribution >= 0.6 is 39.1 Å². The van der Waals surface area contributed by atoms with Gasteiger partial charge in [0.15, 0.2) is 0 Å². The maximum absolute atomic E-state index is 12.1. The predicted octanol–water partition coefficient (Wildman–Crippen LogP) is 4.49. The van der Waals surface area contributed by atoms with E-state index in [1.807, 2.05) is 0 Å². The number of benzene rings is 1. The van der Waals surface area contributed by atoms with E-state index in [-0.39, 0.29) is 11.9 Å². The summed E-state index contributed by atoms with van der Waals surface area (Å²) < 4.78 is 0.695. The summed E-state index contributed by atoms with van der Waals surface area (Å²) in [6.45, 7) is 4.13. The average molecular weight is 353 g/mol. The summed E-state index contributed by atoms with van der Waals surface area (Å²) >= 11 is 14.9. The van der Waals surface area contributed by atoms with Crippen LogP contribution in [0.3, 0.4) is 0 Å². The minimum Gasteiger partial charge on any atom is -0.349 e. The largest absolute Gasteiger partial charge is 0.349 e. The third-order valence-corrected chi connectivity index (χ3v) is 3.83. The zero-order chi connectivity index (χ0) is 13.7. The monoisotopic (exact) mass is 351 g/mol. The lowest BCUT2D eigenvalue weighted by Crippen LogP contribution is -2.39. The first-order valence-electron chi connectivity index (χ1n) is 5.77. The first-order chi connectivity index (χ1) is 8.45. The third-order valence-electron chi connectivity index (χ3n) is 2.72. The summed E-state index contributed by atoms with van der Waals surface area (Å²) in [5.41, 5.74) is 0.583. The molecule has 0 bridgehead atoms. The van der Waals surface area contributed by atoms with Crippen LogP contribution in [0, 0.1) is 5.92 Å². The lowest BCUT2D eigenvalue weighted by Gasteiger charge is -2.21. The number of hydrogen-bond donors (Lipinski definition) is 1. The molecule has 0 heterocycles. The van der Waals surface area contributed by atoms with Crippen molar-refractivity contribution in [2.24, 2.45) is 5.92 Å². The molecule has 1 aromatic rings. The van der Waals surface area contributed by atoms with Gasteiger partial charge in [-0.2, -0.15) is 0 Å². The summed E-state index contributed by atoms with van der Waals surface area (Å²) in [5.74, 6) is 0.770. The van der Waals surface area contributed by atoms with Gasteiger partial charge in [0.05, 0.1) is 5.56 Å². The lowest BCUT2D eigenvalue weighted by atomic mass is 10.0. The van der Waals surface area contributed by atoms with Crippen LogP contribution in [0.2, 0.25) is 5.02 Å². The fraction of sp³-hybridized carbons (Fsp3) is 0.462. The van der Waals surface area contributed by atoms with Gasteiger partial charge in [-0.05, 0) is 46.5 Å². The zero-order valence-electron chi connectivity index (χ0n) is 10.3. The van der Waals surface area contributed by atoms with Crippen molar-refractivity contribution in [3.05, 3.63) is 33.3 Å². The Hall–Kier alpha value is -0.250. The summed E-state index contributed by atoms with van der Waals surface area (Å²) in [7, 11) is 0. The quantitative estimate of drug-likeness (QED) is 0.777. The number of nitrogens with one attached hydrogen (secondary N) is 1. The van der Waals surface area contributed by atoms with Crippen LogP contribution in [0.5, 0.6) is 0 Å². The lowest BCUT2D eigenvalue weighted by molar-refractivity contribution is 0.0924. The molecule has 1 amide bonds. The smallest absolute Gasteiger partial charge is 0.252 e. The molecule has 1 N–H and O–H groups in total. The second-order valence-corrected chi connectivity index (χ2v) is 6.09. The Labute approximate surface area is 126 Å². The molecule has 5 heteroatoms. The molecule has 1 rings (SSSR count). The average Bonchev–Trinajstić information content (AvgIpc) is 2.27. The highest BCUT2D eigenvalue weighted by Crippen LogP contribution is 2.22. The summed E-state index contributed by atoms with van der Waals surface area (Å²) in [5, 5.41) is 3.59. The van der Waals surface area contributed by atoms with E-state index in [9.17, 15) is 4.79 Å². The molecule has 18 heavy (non-hydrogen) atoms. The normalized spacial score (nSPS) is 12.6. The van der Waals surface area contributed by atoms with Crippen molar-refractivity contribution < 1.29 is 4.79 Å². The highest BCUT2D eigenvalue weighted by molar-refractivity contribution is 9.10. The molecule has 2 nitrogen and oxygen atoms in total. The number of amides is 1. The minimum atomic E-state index is -0.109. The van der Waals surface area contributed by atoms with Gasteiger partial charge in [-0.15, -0.1) is 11.6 Å². The number of halogens is 3. The molecule has 0 radical (unpaired) electrons. The van der Waals surface area contributed by atoms with Crippen molar-refractivity contribution in [2.75, 3.05) is 5.88 Å². The molecule has 0 aliphatic carbocycles. The van der Waals surface area contributed by atoms with E-state index in [0.29, 0.717) is 26.9 Å². The van der Waals surface area contributed by atoms with Crippen LogP contribution in [-0.4, -0.2) is 17.8 Å². The highest BCUT2D eigenvalue weighted by atomic mass is 79.9. The number of alkyl halides is 1. The van der Waals surface area contributed by atoms with E-state index >= 15 is 0 Å². The summed E-state index contributed by atoms with van der Waals surface area (Å²) in [6, 6.07) is 5.20. The third kappa shape index (κ3) is 4.45. The summed E-state index contributed by atoms with van der Waals surface area (Å²) in [6.07, 6.45) is 0.760. The molecule has 0 aliphatic rings. The van der Waals surface area contributed by atoms with Gasteiger partial charge >= 0.3 is 0 Å².